The van der Waals surface area contributed by atoms with Gasteiger partial charge in [-0.05, 0) is 36.6 Å². The molecule has 1 aliphatic rings. The highest BCUT2D eigenvalue weighted by Gasteiger charge is 2.13. The number of rotatable bonds is 5. The van der Waals surface area contributed by atoms with Gasteiger partial charge in [-0.3, -0.25) is 4.98 Å². The summed E-state index contributed by atoms with van der Waals surface area (Å²) in [4.78, 5) is 4.01. The van der Waals surface area contributed by atoms with E-state index < -0.39 is 0 Å². The lowest BCUT2D eigenvalue weighted by Crippen LogP contribution is -2.16. The van der Waals surface area contributed by atoms with Crippen molar-refractivity contribution in [1.29, 1.82) is 0 Å². The van der Waals surface area contributed by atoms with Crippen molar-refractivity contribution in [2.24, 2.45) is 5.92 Å². The number of hydrogen-bond donors (Lipinski definition) is 1. The van der Waals surface area contributed by atoms with Gasteiger partial charge in [0.15, 0.2) is 0 Å². The molecule has 1 aliphatic carbocycles. The molecule has 1 aromatic heterocycles. The maximum absolute atomic E-state index is 4.01. The van der Waals surface area contributed by atoms with E-state index >= 15 is 0 Å². The first-order chi connectivity index (χ1) is 7.45. The Morgan fingerprint density at radius 2 is 1.93 bits per heavy atom. The second-order valence-corrected chi connectivity index (χ2v) is 4.47. The minimum Gasteiger partial charge on any atom is -0.313 e. The van der Waals surface area contributed by atoms with Crippen LogP contribution in [0.2, 0.25) is 0 Å². The number of hydrogen-bond acceptors (Lipinski definition) is 2. The van der Waals surface area contributed by atoms with Crippen LogP contribution in [0.4, 0.5) is 0 Å². The minimum absolute atomic E-state index is 0.981. The maximum atomic E-state index is 4.01. The fraction of sp³-hybridized carbons (Fsp3) is 0.615. The Morgan fingerprint density at radius 1 is 1.20 bits per heavy atom. The lowest BCUT2D eigenvalue weighted by atomic mass is 10.0. The highest BCUT2D eigenvalue weighted by Crippen LogP contribution is 2.26. The molecule has 15 heavy (non-hydrogen) atoms. The highest BCUT2D eigenvalue weighted by atomic mass is 14.8. The topological polar surface area (TPSA) is 24.9 Å². The Morgan fingerprint density at radius 3 is 2.67 bits per heavy atom. The summed E-state index contributed by atoms with van der Waals surface area (Å²) < 4.78 is 0. The van der Waals surface area contributed by atoms with E-state index in [1.54, 1.807) is 0 Å². The third-order valence-corrected chi connectivity index (χ3v) is 3.28. The summed E-state index contributed by atoms with van der Waals surface area (Å²) in [7, 11) is 0. The van der Waals surface area contributed by atoms with Crippen LogP contribution in [0.1, 0.15) is 37.7 Å². The van der Waals surface area contributed by atoms with Crippen LogP contribution in [0.15, 0.2) is 24.5 Å². The number of aromatic nitrogens is 1. The van der Waals surface area contributed by atoms with Crippen molar-refractivity contribution < 1.29 is 0 Å². The molecule has 0 bridgehead atoms. The minimum atomic E-state index is 0.981. The first-order valence-electron chi connectivity index (χ1n) is 6.05. The quantitative estimate of drug-likeness (QED) is 0.746. The molecule has 2 rings (SSSR count). The molecule has 1 fully saturated rings. The predicted molar refractivity (Wildman–Crippen MR) is 62.5 cm³/mol. The molecular formula is C13H20N2. The molecule has 0 unspecified atom stereocenters. The molecule has 1 aromatic rings. The average Bonchev–Trinajstić information content (AvgIpc) is 2.79. The van der Waals surface area contributed by atoms with Crippen LogP contribution >= 0.6 is 0 Å². The van der Waals surface area contributed by atoms with Crippen molar-refractivity contribution in [1.82, 2.24) is 10.3 Å². The van der Waals surface area contributed by atoms with Crippen molar-refractivity contribution in [2.45, 2.75) is 38.6 Å². The summed E-state index contributed by atoms with van der Waals surface area (Å²) >= 11 is 0. The largest absolute Gasteiger partial charge is 0.313 e. The average molecular weight is 204 g/mol. The summed E-state index contributed by atoms with van der Waals surface area (Å²) in [6, 6.07) is 4.14. The number of nitrogens with one attached hydrogen (secondary N) is 1. The summed E-state index contributed by atoms with van der Waals surface area (Å²) in [5.41, 5.74) is 1.33. The Labute approximate surface area is 92.1 Å². The Balaban J connectivity index is 1.59. The van der Waals surface area contributed by atoms with E-state index in [2.05, 4.69) is 22.4 Å². The molecule has 2 nitrogen and oxygen atoms in total. The summed E-state index contributed by atoms with van der Waals surface area (Å²) in [5, 5.41) is 3.50. The van der Waals surface area contributed by atoms with Crippen LogP contribution < -0.4 is 5.32 Å². The van der Waals surface area contributed by atoms with E-state index in [0.717, 1.165) is 19.0 Å². The molecule has 2 heteroatoms. The van der Waals surface area contributed by atoms with E-state index in [4.69, 9.17) is 0 Å². The third-order valence-electron chi connectivity index (χ3n) is 3.28. The van der Waals surface area contributed by atoms with Gasteiger partial charge in [0.1, 0.15) is 0 Å². The smallest absolute Gasteiger partial charge is 0.0271 e. The molecular weight excluding hydrogens is 184 g/mol. The van der Waals surface area contributed by atoms with Gasteiger partial charge in [0.05, 0.1) is 0 Å². The van der Waals surface area contributed by atoms with E-state index in [1.165, 1.54) is 37.7 Å². The maximum Gasteiger partial charge on any atom is 0.0271 e. The van der Waals surface area contributed by atoms with Crippen molar-refractivity contribution in [2.75, 3.05) is 6.54 Å². The van der Waals surface area contributed by atoms with Crippen molar-refractivity contribution in [3.05, 3.63) is 30.1 Å². The normalized spacial score (nSPS) is 17.1. The van der Waals surface area contributed by atoms with E-state index in [0.29, 0.717) is 0 Å². The van der Waals surface area contributed by atoms with Crippen LogP contribution in [0.5, 0.6) is 0 Å². The molecule has 0 radical (unpaired) electrons. The summed E-state index contributed by atoms with van der Waals surface area (Å²) in [5.74, 6) is 0.995. The zero-order valence-corrected chi connectivity index (χ0v) is 9.28. The van der Waals surface area contributed by atoms with Gasteiger partial charge in [-0.15, -0.1) is 0 Å². The van der Waals surface area contributed by atoms with Crippen LogP contribution in [-0.4, -0.2) is 11.5 Å². The molecule has 0 aliphatic heterocycles. The zero-order chi connectivity index (χ0) is 10.3. The highest BCUT2D eigenvalue weighted by molar-refractivity contribution is 5.08. The second kappa shape index (κ2) is 5.86. The monoisotopic (exact) mass is 204 g/mol. The Kier molecular flexibility index (Phi) is 4.15. The number of nitrogens with zero attached hydrogens (tertiary/aromatic N) is 1. The molecule has 0 aromatic carbocycles. The van der Waals surface area contributed by atoms with E-state index in [-0.39, 0.29) is 0 Å². The van der Waals surface area contributed by atoms with Gasteiger partial charge in [0.25, 0.3) is 0 Å². The first kappa shape index (κ1) is 10.6. The predicted octanol–water partition coefficient (Wildman–Crippen LogP) is 2.75. The van der Waals surface area contributed by atoms with Crippen LogP contribution in [0.3, 0.4) is 0 Å². The van der Waals surface area contributed by atoms with Crippen LogP contribution in [0.25, 0.3) is 0 Å². The Hall–Kier alpha value is -0.890. The van der Waals surface area contributed by atoms with Crippen molar-refractivity contribution in [3.63, 3.8) is 0 Å². The van der Waals surface area contributed by atoms with E-state index in [9.17, 15) is 0 Å². The van der Waals surface area contributed by atoms with Gasteiger partial charge in [0, 0.05) is 18.9 Å². The van der Waals surface area contributed by atoms with Crippen molar-refractivity contribution in [3.8, 4) is 0 Å². The SMILES string of the molecule is c1cc(CNCCC2CCCC2)ccn1. The molecule has 0 saturated heterocycles. The lowest BCUT2D eigenvalue weighted by Gasteiger charge is -2.09. The van der Waals surface area contributed by atoms with Gasteiger partial charge >= 0.3 is 0 Å². The molecule has 1 heterocycles. The molecule has 0 atom stereocenters. The van der Waals surface area contributed by atoms with Gasteiger partial charge in [0.2, 0.25) is 0 Å². The molecule has 0 amide bonds. The summed E-state index contributed by atoms with van der Waals surface area (Å²) in [6.45, 7) is 2.14. The molecule has 82 valence electrons. The molecule has 0 spiro atoms. The lowest BCUT2D eigenvalue weighted by molar-refractivity contribution is 0.477. The fourth-order valence-corrected chi connectivity index (χ4v) is 2.34. The molecule has 1 N–H and O–H groups in total. The van der Waals surface area contributed by atoms with E-state index in [1.807, 2.05) is 12.4 Å². The summed E-state index contributed by atoms with van der Waals surface area (Å²) in [6.07, 6.45) is 10.9. The number of pyridine rings is 1. The third kappa shape index (κ3) is 3.63. The van der Waals surface area contributed by atoms with Gasteiger partial charge in [-0.1, -0.05) is 25.7 Å². The standard InChI is InChI=1S/C13H20N2/c1-2-4-12(3-1)5-10-15-11-13-6-8-14-9-7-13/h6-9,12,15H,1-5,10-11H2. The van der Waals surface area contributed by atoms with Crippen LogP contribution in [-0.2, 0) is 6.54 Å². The molecule has 1 saturated carbocycles. The fourth-order valence-electron chi connectivity index (χ4n) is 2.34. The zero-order valence-electron chi connectivity index (χ0n) is 9.28. The first-order valence-corrected chi connectivity index (χ1v) is 6.05. The van der Waals surface area contributed by atoms with Gasteiger partial charge in [-0.2, -0.15) is 0 Å². The van der Waals surface area contributed by atoms with Crippen molar-refractivity contribution >= 4 is 0 Å². The Bertz CT molecular complexity index is 265. The van der Waals surface area contributed by atoms with Gasteiger partial charge < -0.3 is 5.32 Å². The van der Waals surface area contributed by atoms with Gasteiger partial charge in [-0.25, -0.2) is 0 Å². The van der Waals surface area contributed by atoms with Crippen LogP contribution in [0, 0.1) is 5.92 Å². The second-order valence-electron chi connectivity index (χ2n) is 4.47.